The number of aliphatic hydroxyl groups is 1. The van der Waals surface area contributed by atoms with E-state index in [0.717, 1.165) is 11.6 Å². The molecule has 2 rings (SSSR count). The van der Waals surface area contributed by atoms with E-state index in [1.807, 2.05) is 0 Å². The van der Waals surface area contributed by atoms with Gasteiger partial charge < -0.3 is 20.4 Å². The van der Waals surface area contributed by atoms with Crippen molar-refractivity contribution in [3.8, 4) is 17.2 Å². The minimum absolute atomic E-state index is 0.174. The van der Waals surface area contributed by atoms with Crippen molar-refractivity contribution in [1.29, 1.82) is 0 Å². The van der Waals surface area contributed by atoms with E-state index in [0.29, 0.717) is 12.0 Å². The van der Waals surface area contributed by atoms with Crippen molar-refractivity contribution in [2.75, 3.05) is 0 Å². The maximum atomic E-state index is 11.8. The molecule has 0 fully saturated rings. The third kappa shape index (κ3) is 5.21. The smallest absolute Gasteiger partial charge is 0.159 e. The number of phenolic OH excluding ortho intramolecular Hbond substituents is 3. The van der Waals surface area contributed by atoms with Gasteiger partial charge in [-0.25, -0.2) is 0 Å². The van der Waals surface area contributed by atoms with Gasteiger partial charge in [0.05, 0.1) is 0 Å². The normalized spacial score (nSPS) is 11.8. The zero-order valence-corrected chi connectivity index (χ0v) is 12.9. The molecule has 2 aromatic carbocycles. The summed E-state index contributed by atoms with van der Waals surface area (Å²) in [4.78, 5) is 11.8. The topological polar surface area (TPSA) is 98.0 Å². The van der Waals surface area contributed by atoms with Crippen molar-refractivity contribution in [2.45, 2.75) is 12.8 Å². The first-order valence-corrected chi connectivity index (χ1v) is 7.35. The standard InChI is InChI=1S/C19H18O5/c20-15-6-1-13(2-7-15)3-8-16(21)12-17(22)9-4-14-5-10-18(23)19(24)11-14/h1-2,4-7,9-12,20,22-24H,3,8H2. The minimum atomic E-state index is -0.259. The van der Waals surface area contributed by atoms with Gasteiger partial charge in [-0.2, -0.15) is 0 Å². The molecule has 0 heterocycles. The molecular formula is C19H18O5. The number of benzene rings is 2. The maximum Gasteiger partial charge on any atom is 0.159 e. The molecule has 0 aromatic heterocycles. The Labute approximate surface area is 139 Å². The Kier molecular flexibility index (Phi) is 5.63. The van der Waals surface area contributed by atoms with E-state index in [2.05, 4.69) is 0 Å². The fourth-order valence-electron chi connectivity index (χ4n) is 2.04. The molecule has 5 heteroatoms. The third-order valence-electron chi connectivity index (χ3n) is 3.35. The number of carbonyl (C=O) groups is 1. The van der Waals surface area contributed by atoms with Gasteiger partial charge in [0.25, 0.3) is 0 Å². The first-order valence-electron chi connectivity index (χ1n) is 7.35. The van der Waals surface area contributed by atoms with Crippen LogP contribution in [0.3, 0.4) is 0 Å². The number of rotatable bonds is 6. The molecule has 0 unspecified atom stereocenters. The van der Waals surface area contributed by atoms with Crippen molar-refractivity contribution in [2.24, 2.45) is 0 Å². The Morgan fingerprint density at radius 2 is 1.67 bits per heavy atom. The summed E-state index contributed by atoms with van der Waals surface area (Å²) in [6.45, 7) is 0. The molecule has 0 amide bonds. The van der Waals surface area contributed by atoms with E-state index in [9.17, 15) is 25.2 Å². The maximum absolute atomic E-state index is 11.8. The molecule has 0 spiro atoms. The quantitative estimate of drug-likeness (QED) is 0.282. The lowest BCUT2D eigenvalue weighted by molar-refractivity contribution is -0.114. The molecule has 2 aromatic rings. The second-order valence-corrected chi connectivity index (χ2v) is 5.28. The van der Waals surface area contributed by atoms with Crippen LogP contribution in [-0.4, -0.2) is 26.2 Å². The van der Waals surface area contributed by atoms with E-state index in [1.165, 1.54) is 24.3 Å². The third-order valence-corrected chi connectivity index (χ3v) is 3.35. The van der Waals surface area contributed by atoms with E-state index in [-0.39, 0.29) is 35.2 Å². The van der Waals surface area contributed by atoms with Crippen LogP contribution in [0, 0.1) is 0 Å². The van der Waals surface area contributed by atoms with Crippen molar-refractivity contribution in [3.05, 3.63) is 71.5 Å². The van der Waals surface area contributed by atoms with Crippen LogP contribution in [0.2, 0.25) is 0 Å². The predicted molar refractivity (Wildman–Crippen MR) is 91.0 cm³/mol. The molecule has 124 valence electrons. The van der Waals surface area contributed by atoms with Gasteiger partial charge in [0.15, 0.2) is 17.3 Å². The van der Waals surface area contributed by atoms with Gasteiger partial charge in [-0.3, -0.25) is 4.79 Å². The first kappa shape index (κ1) is 17.1. The van der Waals surface area contributed by atoms with Crippen LogP contribution >= 0.6 is 0 Å². The van der Waals surface area contributed by atoms with Crippen molar-refractivity contribution in [3.63, 3.8) is 0 Å². The number of phenols is 3. The summed E-state index contributed by atoms with van der Waals surface area (Å²) in [6.07, 6.45) is 4.74. The Bertz CT molecular complexity index is 773. The first-order chi connectivity index (χ1) is 11.4. The molecule has 0 aliphatic carbocycles. The summed E-state index contributed by atoms with van der Waals surface area (Å²) in [5.41, 5.74) is 1.49. The zero-order chi connectivity index (χ0) is 17.5. The Hall–Kier alpha value is -3.21. The molecule has 0 atom stereocenters. The molecule has 0 radical (unpaired) electrons. The molecule has 0 saturated heterocycles. The van der Waals surface area contributed by atoms with Crippen LogP contribution < -0.4 is 0 Å². The van der Waals surface area contributed by atoms with E-state index in [1.54, 1.807) is 30.3 Å². The summed E-state index contributed by atoms with van der Waals surface area (Å²) in [6, 6.07) is 10.8. The second-order valence-electron chi connectivity index (χ2n) is 5.28. The summed E-state index contributed by atoms with van der Waals surface area (Å²) in [5, 5.41) is 37.5. The van der Waals surface area contributed by atoms with Gasteiger partial charge in [0, 0.05) is 12.5 Å². The van der Waals surface area contributed by atoms with Crippen molar-refractivity contribution < 1.29 is 25.2 Å². The van der Waals surface area contributed by atoms with Gasteiger partial charge in [-0.1, -0.05) is 24.3 Å². The lowest BCUT2D eigenvalue weighted by Crippen LogP contribution is -1.97. The monoisotopic (exact) mass is 326 g/mol. The number of hydrogen-bond acceptors (Lipinski definition) is 5. The molecule has 0 aliphatic heterocycles. The van der Waals surface area contributed by atoms with E-state index in [4.69, 9.17) is 0 Å². The number of carbonyl (C=O) groups excluding carboxylic acids is 1. The average Bonchev–Trinajstić information content (AvgIpc) is 2.55. The highest BCUT2D eigenvalue weighted by Crippen LogP contribution is 2.25. The average molecular weight is 326 g/mol. The molecular weight excluding hydrogens is 308 g/mol. The van der Waals surface area contributed by atoms with Crippen LogP contribution in [-0.2, 0) is 11.2 Å². The summed E-state index contributed by atoms with van der Waals surface area (Å²) in [7, 11) is 0. The lowest BCUT2D eigenvalue weighted by Gasteiger charge is -2.00. The number of aryl methyl sites for hydroxylation is 1. The Balaban J connectivity index is 1.91. The SMILES string of the molecule is O=C(C=C(O)C=Cc1ccc(O)c(O)c1)CCc1ccc(O)cc1. The van der Waals surface area contributed by atoms with Crippen molar-refractivity contribution >= 4 is 11.9 Å². The van der Waals surface area contributed by atoms with Crippen LogP contribution in [0.15, 0.2) is 60.4 Å². The van der Waals surface area contributed by atoms with Crippen molar-refractivity contribution in [1.82, 2.24) is 0 Å². The lowest BCUT2D eigenvalue weighted by atomic mass is 10.1. The van der Waals surface area contributed by atoms with Crippen LogP contribution in [0.4, 0.5) is 0 Å². The number of allylic oxidation sites excluding steroid dienone is 2. The molecule has 4 N–H and O–H groups in total. The molecule has 0 aliphatic rings. The number of hydrogen-bond donors (Lipinski definition) is 4. The van der Waals surface area contributed by atoms with Gasteiger partial charge in [-0.15, -0.1) is 0 Å². The fraction of sp³-hybridized carbons (Fsp3) is 0.105. The molecule has 5 nitrogen and oxygen atoms in total. The predicted octanol–water partition coefficient (Wildman–Crippen LogP) is 3.46. The van der Waals surface area contributed by atoms with E-state index < -0.39 is 0 Å². The highest BCUT2D eigenvalue weighted by atomic mass is 16.3. The highest BCUT2D eigenvalue weighted by molar-refractivity contribution is 5.90. The largest absolute Gasteiger partial charge is 0.508 e. The van der Waals surface area contributed by atoms with Gasteiger partial charge >= 0.3 is 0 Å². The Morgan fingerprint density at radius 1 is 0.958 bits per heavy atom. The molecule has 0 saturated carbocycles. The van der Waals surface area contributed by atoms with Crippen LogP contribution in [0.5, 0.6) is 17.2 Å². The van der Waals surface area contributed by atoms with Crippen LogP contribution in [0.25, 0.3) is 6.08 Å². The number of aliphatic hydroxyl groups excluding tert-OH is 1. The Morgan fingerprint density at radius 3 is 2.33 bits per heavy atom. The zero-order valence-electron chi connectivity index (χ0n) is 12.9. The van der Waals surface area contributed by atoms with Crippen LogP contribution in [0.1, 0.15) is 17.5 Å². The molecule has 24 heavy (non-hydrogen) atoms. The minimum Gasteiger partial charge on any atom is -0.508 e. The highest BCUT2D eigenvalue weighted by Gasteiger charge is 2.02. The molecule has 0 bridgehead atoms. The summed E-state index contributed by atoms with van der Waals surface area (Å²) in [5.74, 6) is -0.730. The second kappa shape index (κ2) is 7.87. The number of ketones is 1. The van der Waals surface area contributed by atoms with Gasteiger partial charge in [0.1, 0.15) is 11.5 Å². The van der Waals surface area contributed by atoms with Gasteiger partial charge in [0.2, 0.25) is 0 Å². The fourth-order valence-corrected chi connectivity index (χ4v) is 2.04. The number of aromatic hydroxyl groups is 3. The summed E-state index contributed by atoms with van der Waals surface area (Å²) >= 11 is 0. The van der Waals surface area contributed by atoms with E-state index >= 15 is 0 Å². The van der Waals surface area contributed by atoms with Gasteiger partial charge in [-0.05, 0) is 47.9 Å². The summed E-state index contributed by atoms with van der Waals surface area (Å²) < 4.78 is 0.